The van der Waals surface area contributed by atoms with Crippen molar-refractivity contribution in [2.24, 2.45) is 5.73 Å². The number of hydrogen-bond donors (Lipinski definition) is 1. The van der Waals surface area contributed by atoms with Gasteiger partial charge in [-0.05, 0) is 18.2 Å². The minimum Gasteiger partial charge on any atom is -0.329 e. The van der Waals surface area contributed by atoms with Crippen molar-refractivity contribution in [1.29, 1.82) is 0 Å². The molecular formula is C9H11N2O. The monoisotopic (exact) mass is 163 g/mol. The van der Waals surface area contributed by atoms with Crippen LogP contribution in [0.5, 0.6) is 0 Å². The maximum atomic E-state index is 10.6. The highest BCUT2D eigenvalue weighted by atomic mass is 16.1. The van der Waals surface area contributed by atoms with Gasteiger partial charge in [-0.2, -0.15) is 0 Å². The summed E-state index contributed by atoms with van der Waals surface area (Å²) in [7, 11) is 0. The van der Waals surface area contributed by atoms with E-state index < -0.39 is 0 Å². The maximum Gasteiger partial charge on any atom is 0.214 e. The average molecular weight is 163 g/mol. The summed E-state index contributed by atoms with van der Waals surface area (Å²) in [5.74, 6) is 0. The molecule has 0 aliphatic heterocycles. The van der Waals surface area contributed by atoms with Gasteiger partial charge in [0.05, 0.1) is 0 Å². The third-order valence-corrected chi connectivity index (χ3v) is 1.53. The van der Waals surface area contributed by atoms with Crippen LogP contribution in [0.4, 0.5) is 5.69 Å². The quantitative estimate of drug-likeness (QED) is 0.653. The number of carbonyl (C=O) groups is 1. The van der Waals surface area contributed by atoms with E-state index in [1.807, 2.05) is 12.1 Å². The number of rotatable bonds is 4. The minimum atomic E-state index is 0.470. The van der Waals surface area contributed by atoms with Crippen molar-refractivity contribution < 1.29 is 4.79 Å². The lowest BCUT2D eigenvalue weighted by atomic mass is 10.3. The number of nitrogens with zero attached hydrogens (tertiary/aromatic N) is 1. The lowest BCUT2D eigenvalue weighted by molar-refractivity contribution is -0.107. The van der Waals surface area contributed by atoms with Crippen LogP contribution in [0.1, 0.15) is 0 Å². The van der Waals surface area contributed by atoms with Gasteiger partial charge in [-0.15, -0.1) is 0 Å². The van der Waals surface area contributed by atoms with Crippen LogP contribution in [-0.2, 0) is 4.79 Å². The fraction of sp³-hybridized carbons (Fsp3) is 0.222. The van der Waals surface area contributed by atoms with E-state index in [0.717, 1.165) is 12.1 Å². The Morgan fingerprint density at radius 2 is 2.17 bits per heavy atom. The topological polar surface area (TPSA) is 46.3 Å². The highest BCUT2D eigenvalue weighted by molar-refractivity contribution is 5.74. The molecule has 0 aliphatic carbocycles. The average Bonchev–Trinajstić information content (AvgIpc) is 2.15. The summed E-state index contributed by atoms with van der Waals surface area (Å²) < 4.78 is 0. The summed E-state index contributed by atoms with van der Waals surface area (Å²) in [6, 6.07) is 10.1. The normalized spacial score (nSPS) is 9.42. The fourth-order valence-electron chi connectivity index (χ4n) is 0.951. The standard InChI is InChI=1S/C9H11N2O/c10-6-7-11(8-12)9-4-2-1-3-5-9/h2-5,8H,6-7,10H2. The second-order valence-corrected chi connectivity index (χ2v) is 2.35. The predicted molar refractivity (Wildman–Crippen MR) is 47.7 cm³/mol. The molecule has 0 unspecified atom stereocenters. The molecule has 0 saturated heterocycles. The molecule has 1 rings (SSSR count). The van der Waals surface area contributed by atoms with Gasteiger partial charge in [0, 0.05) is 18.8 Å². The SMILES string of the molecule is NCCN(C=O)c1cc[c]cc1. The van der Waals surface area contributed by atoms with Crippen LogP contribution >= 0.6 is 0 Å². The van der Waals surface area contributed by atoms with E-state index in [-0.39, 0.29) is 0 Å². The van der Waals surface area contributed by atoms with Gasteiger partial charge in [-0.25, -0.2) is 0 Å². The molecule has 63 valence electrons. The zero-order valence-electron chi connectivity index (χ0n) is 6.73. The Kier molecular flexibility index (Phi) is 3.29. The molecule has 1 aromatic rings. The van der Waals surface area contributed by atoms with Crippen LogP contribution in [0, 0.1) is 6.07 Å². The van der Waals surface area contributed by atoms with Gasteiger partial charge in [0.15, 0.2) is 0 Å². The molecule has 0 bridgehead atoms. The summed E-state index contributed by atoms with van der Waals surface area (Å²) in [4.78, 5) is 12.1. The molecule has 1 amide bonds. The van der Waals surface area contributed by atoms with Crippen molar-refractivity contribution in [2.45, 2.75) is 0 Å². The van der Waals surface area contributed by atoms with Gasteiger partial charge in [-0.3, -0.25) is 4.79 Å². The van der Waals surface area contributed by atoms with Gasteiger partial charge in [0.25, 0.3) is 0 Å². The summed E-state index contributed by atoms with van der Waals surface area (Å²) in [5.41, 5.74) is 6.19. The Balaban J connectivity index is 2.73. The van der Waals surface area contributed by atoms with Crippen LogP contribution in [0.25, 0.3) is 0 Å². The van der Waals surface area contributed by atoms with E-state index in [1.165, 1.54) is 0 Å². The van der Waals surface area contributed by atoms with Crippen molar-refractivity contribution in [2.75, 3.05) is 18.0 Å². The van der Waals surface area contributed by atoms with Crippen LogP contribution in [0.3, 0.4) is 0 Å². The first-order valence-electron chi connectivity index (χ1n) is 3.76. The molecule has 0 aliphatic rings. The Hall–Kier alpha value is -1.35. The largest absolute Gasteiger partial charge is 0.329 e. The van der Waals surface area contributed by atoms with Crippen molar-refractivity contribution in [3.63, 3.8) is 0 Å². The molecule has 0 fully saturated rings. The molecule has 1 aromatic carbocycles. The summed E-state index contributed by atoms with van der Waals surface area (Å²) in [6.45, 7) is 1.02. The van der Waals surface area contributed by atoms with Crippen molar-refractivity contribution in [1.82, 2.24) is 0 Å². The number of nitrogens with two attached hydrogens (primary N) is 1. The Bertz CT molecular complexity index is 236. The Labute approximate surface area is 71.8 Å². The second-order valence-electron chi connectivity index (χ2n) is 2.35. The van der Waals surface area contributed by atoms with Gasteiger partial charge in [0.1, 0.15) is 0 Å². The second kappa shape index (κ2) is 4.51. The molecule has 0 heterocycles. The van der Waals surface area contributed by atoms with E-state index >= 15 is 0 Å². The third-order valence-electron chi connectivity index (χ3n) is 1.53. The molecule has 0 aromatic heterocycles. The lowest BCUT2D eigenvalue weighted by Gasteiger charge is -2.15. The maximum absolute atomic E-state index is 10.6. The van der Waals surface area contributed by atoms with E-state index in [9.17, 15) is 4.79 Å². The fourth-order valence-corrected chi connectivity index (χ4v) is 0.951. The van der Waals surface area contributed by atoms with Crippen LogP contribution in [0.2, 0.25) is 0 Å². The van der Waals surface area contributed by atoms with Crippen molar-refractivity contribution in [3.8, 4) is 0 Å². The van der Waals surface area contributed by atoms with Gasteiger partial charge in [0.2, 0.25) is 6.41 Å². The molecule has 1 radical (unpaired) electrons. The van der Waals surface area contributed by atoms with E-state index in [4.69, 9.17) is 5.73 Å². The summed E-state index contributed by atoms with van der Waals surface area (Å²) in [6.07, 6.45) is 0.780. The number of hydrogen-bond acceptors (Lipinski definition) is 2. The zero-order chi connectivity index (χ0) is 8.81. The van der Waals surface area contributed by atoms with Gasteiger partial charge >= 0.3 is 0 Å². The minimum absolute atomic E-state index is 0.470. The molecule has 12 heavy (non-hydrogen) atoms. The Morgan fingerprint density at radius 3 is 2.67 bits per heavy atom. The molecule has 2 N–H and O–H groups in total. The zero-order valence-corrected chi connectivity index (χ0v) is 6.73. The molecular weight excluding hydrogens is 152 g/mol. The summed E-state index contributed by atoms with van der Waals surface area (Å²) in [5, 5.41) is 0. The first-order valence-corrected chi connectivity index (χ1v) is 3.76. The molecule has 3 nitrogen and oxygen atoms in total. The summed E-state index contributed by atoms with van der Waals surface area (Å²) >= 11 is 0. The smallest absolute Gasteiger partial charge is 0.214 e. The molecule has 3 heteroatoms. The Morgan fingerprint density at radius 1 is 1.50 bits per heavy atom. The first kappa shape index (κ1) is 8.74. The number of anilines is 1. The van der Waals surface area contributed by atoms with Crippen molar-refractivity contribution in [3.05, 3.63) is 30.3 Å². The lowest BCUT2D eigenvalue weighted by Crippen LogP contribution is -2.27. The van der Waals surface area contributed by atoms with Crippen LogP contribution in [-0.4, -0.2) is 19.5 Å². The first-order chi connectivity index (χ1) is 5.88. The van der Waals surface area contributed by atoms with E-state index in [0.29, 0.717) is 13.1 Å². The van der Waals surface area contributed by atoms with E-state index in [1.54, 1.807) is 17.0 Å². The molecule has 0 saturated carbocycles. The van der Waals surface area contributed by atoms with Gasteiger partial charge in [-0.1, -0.05) is 12.1 Å². The van der Waals surface area contributed by atoms with Crippen LogP contribution in [0.15, 0.2) is 24.3 Å². The van der Waals surface area contributed by atoms with Crippen molar-refractivity contribution >= 4 is 12.1 Å². The third kappa shape index (κ3) is 2.07. The van der Waals surface area contributed by atoms with Crippen LogP contribution < -0.4 is 10.6 Å². The number of amides is 1. The predicted octanol–water partition coefficient (Wildman–Crippen LogP) is 0.408. The molecule has 0 atom stereocenters. The van der Waals surface area contributed by atoms with E-state index in [2.05, 4.69) is 6.07 Å². The number of carbonyl (C=O) groups excluding carboxylic acids is 1. The molecule has 0 spiro atoms. The highest BCUT2D eigenvalue weighted by Crippen LogP contribution is 2.09. The highest BCUT2D eigenvalue weighted by Gasteiger charge is 2.00. The van der Waals surface area contributed by atoms with Gasteiger partial charge < -0.3 is 10.6 Å². The number of benzene rings is 1.